The molecule has 0 fully saturated rings. The first-order valence-corrected chi connectivity index (χ1v) is 7.77. The zero-order chi connectivity index (χ0) is 13.2. The maximum atomic E-state index is 5.87. The highest BCUT2D eigenvalue weighted by molar-refractivity contribution is 7.11. The monoisotopic (exact) mass is 268 g/mol. The molecule has 3 nitrogen and oxygen atoms in total. The van der Waals surface area contributed by atoms with Gasteiger partial charge in [0.25, 0.3) is 0 Å². The maximum absolute atomic E-state index is 5.87. The van der Waals surface area contributed by atoms with Crippen molar-refractivity contribution in [2.45, 2.75) is 57.5 Å². The Hall–Kier alpha value is -0.450. The van der Waals surface area contributed by atoms with E-state index in [0.29, 0.717) is 12.5 Å². The largest absolute Gasteiger partial charge is 0.371 e. The van der Waals surface area contributed by atoms with Crippen LogP contribution in [0.5, 0.6) is 0 Å². The lowest BCUT2D eigenvalue weighted by atomic mass is 9.91. The lowest BCUT2D eigenvalue weighted by molar-refractivity contribution is -0.0220. The van der Waals surface area contributed by atoms with E-state index >= 15 is 0 Å². The van der Waals surface area contributed by atoms with Crippen molar-refractivity contribution in [3.05, 3.63) is 15.6 Å². The van der Waals surface area contributed by atoms with Crippen LogP contribution in [0.3, 0.4) is 0 Å². The van der Waals surface area contributed by atoms with Gasteiger partial charge >= 0.3 is 0 Å². The van der Waals surface area contributed by atoms with Crippen LogP contribution >= 0.6 is 11.3 Å². The van der Waals surface area contributed by atoms with Crippen molar-refractivity contribution in [1.82, 2.24) is 4.98 Å². The summed E-state index contributed by atoms with van der Waals surface area (Å²) in [5, 5.41) is 1.15. The first kappa shape index (κ1) is 14.0. The van der Waals surface area contributed by atoms with Gasteiger partial charge in [-0.3, -0.25) is 0 Å². The van der Waals surface area contributed by atoms with E-state index in [1.165, 1.54) is 23.4 Å². The molecule has 1 aliphatic carbocycles. The fourth-order valence-electron chi connectivity index (χ4n) is 2.86. The van der Waals surface area contributed by atoms with Crippen LogP contribution in [-0.4, -0.2) is 18.6 Å². The average Bonchev–Trinajstić information content (AvgIpc) is 2.85. The van der Waals surface area contributed by atoms with Gasteiger partial charge in [-0.25, -0.2) is 4.98 Å². The van der Waals surface area contributed by atoms with Gasteiger partial charge in [-0.2, -0.15) is 0 Å². The summed E-state index contributed by atoms with van der Waals surface area (Å²) in [6.45, 7) is 5.07. The summed E-state index contributed by atoms with van der Waals surface area (Å²) in [6, 6.07) is 0. The Labute approximate surface area is 114 Å². The third-order valence-corrected chi connectivity index (χ3v) is 5.59. The van der Waals surface area contributed by atoms with E-state index in [1.54, 1.807) is 7.11 Å². The SMILES string of the molecule is CCC(CC)(OC)c1nc2c(s1)CCCC2CN. The van der Waals surface area contributed by atoms with E-state index in [0.717, 1.165) is 24.3 Å². The molecule has 18 heavy (non-hydrogen) atoms. The van der Waals surface area contributed by atoms with Gasteiger partial charge in [0.1, 0.15) is 10.6 Å². The molecule has 1 aliphatic rings. The van der Waals surface area contributed by atoms with Crippen molar-refractivity contribution in [1.29, 1.82) is 0 Å². The van der Waals surface area contributed by atoms with Gasteiger partial charge in [0.15, 0.2) is 0 Å². The predicted octanol–water partition coefficient (Wildman–Crippen LogP) is 3.18. The quantitative estimate of drug-likeness (QED) is 0.892. The maximum Gasteiger partial charge on any atom is 0.125 e. The number of aryl methyl sites for hydroxylation is 1. The minimum atomic E-state index is -0.193. The average molecular weight is 268 g/mol. The standard InChI is InChI=1S/C14H24N2OS/c1-4-14(5-2,17-3)13-16-12-10(9-15)7-6-8-11(12)18-13/h10H,4-9,15H2,1-3H3. The molecule has 1 aromatic heterocycles. The van der Waals surface area contributed by atoms with Crippen LogP contribution in [0.15, 0.2) is 0 Å². The lowest BCUT2D eigenvalue weighted by Crippen LogP contribution is -2.26. The highest BCUT2D eigenvalue weighted by Gasteiger charge is 2.34. The molecule has 1 atom stereocenters. The molecule has 0 aromatic carbocycles. The summed E-state index contributed by atoms with van der Waals surface area (Å²) in [5.74, 6) is 0.460. The molecule has 2 rings (SSSR count). The van der Waals surface area contributed by atoms with Gasteiger partial charge < -0.3 is 10.5 Å². The Balaban J connectivity index is 2.39. The Bertz CT molecular complexity index is 390. The highest BCUT2D eigenvalue weighted by atomic mass is 32.1. The second kappa shape index (κ2) is 5.68. The first-order valence-electron chi connectivity index (χ1n) is 6.96. The minimum Gasteiger partial charge on any atom is -0.371 e. The van der Waals surface area contributed by atoms with E-state index in [1.807, 2.05) is 11.3 Å². The molecule has 102 valence electrons. The summed E-state index contributed by atoms with van der Waals surface area (Å²) < 4.78 is 5.79. The molecule has 0 radical (unpaired) electrons. The molecule has 0 saturated carbocycles. The molecule has 1 heterocycles. The Kier molecular flexibility index (Phi) is 4.41. The fraction of sp³-hybridized carbons (Fsp3) is 0.786. The number of rotatable bonds is 5. The molecule has 1 aromatic rings. The van der Waals surface area contributed by atoms with Crippen LogP contribution in [0.25, 0.3) is 0 Å². The second-order valence-corrected chi connectivity index (χ2v) is 6.14. The summed E-state index contributed by atoms with van der Waals surface area (Å²) >= 11 is 1.84. The van der Waals surface area contributed by atoms with Crippen molar-refractivity contribution in [2.75, 3.05) is 13.7 Å². The van der Waals surface area contributed by atoms with Crippen LogP contribution < -0.4 is 5.73 Å². The lowest BCUT2D eigenvalue weighted by Gasteiger charge is -2.27. The summed E-state index contributed by atoms with van der Waals surface area (Å²) in [5.41, 5.74) is 6.93. The van der Waals surface area contributed by atoms with Crippen LogP contribution in [0, 0.1) is 0 Å². The van der Waals surface area contributed by atoms with Crippen LogP contribution in [0.4, 0.5) is 0 Å². The normalized spacial score (nSPS) is 19.9. The Morgan fingerprint density at radius 3 is 2.72 bits per heavy atom. The number of hydrogen-bond donors (Lipinski definition) is 1. The number of aromatic nitrogens is 1. The predicted molar refractivity (Wildman–Crippen MR) is 76.1 cm³/mol. The van der Waals surface area contributed by atoms with Gasteiger partial charge in [0.2, 0.25) is 0 Å². The number of hydrogen-bond acceptors (Lipinski definition) is 4. The minimum absolute atomic E-state index is 0.193. The van der Waals surface area contributed by atoms with Gasteiger partial charge in [0, 0.05) is 24.4 Å². The molecule has 0 saturated heterocycles. The molecule has 0 spiro atoms. The summed E-state index contributed by atoms with van der Waals surface area (Å²) in [7, 11) is 1.80. The summed E-state index contributed by atoms with van der Waals surface area (Å²) in [4.78, 5) is 6.34. The van der Waals surface area contributed by atoms with Crippen LogP contribution in [-0.2, 0) is 16.8 Å². The number of fused-ring (bicyclic) bond motifs is 1. The molecule has 0 amide bonds. The zero-order valence-corrected chi connectivity index (χ0v) is 12.5. The van der Waals surface area contributed by atoms with Crippen molar-refractivity contribution < 1.29 is 4.74 Å². The second-order valence-electron chi connectivity index (χ2n) is 5.06. The van der Waals surface area contributed by atoms with E-state index in [9.17, 15) is 0 Å². The third kappa shape index (κ3) is 2.22. The van der Waals surface area contributed by atoms with Gasteiger partial charge in [0.05, 0.1) is 5.69 Å². The smallest absolute Gasteiger partial charge is 0.125 e. The van der Waals surface area contributed by atoms with Crippen molar-refractivity contribution >= 4 is 11.3 Å². The van der Waals surface area contributed by atoms with Gasteiger partial charge in [-0.05, 0) is 32.1 Å². The third-order valence-electron chi connectivity index (χ3n) is 4.28. The van der Waals surface area contributed by atoms with E-state index < -0.39 is 0 Å². The Morgan fingerprint density at radius 1 is 1.44 bits per heavy atom. The zero-order valence-electron chi connectivity index (χ0n) is 11.7. The molecule has 2 N–H and O–H groups in total. The molecule has 4 heteroatoms. The first-order chi connectivity index (χ1) is 8.70. The topological polar surface area (TPSA) is 48.1 Å². The molecular formula is C14H24N2OS. The van der Waals surface area contributed by atoms with Crippen LogP contribution in [0.2, 0.25) is 0 Å². The van der Waals surface area contributed by atoms with Crippen molar-refractivity contribution in [3.63, 3.8) is 0 Å². The van der Waals surface area contributed by atoms with E-state index in [4.69, 9.17) is 15.5 Å². The Morgan fingerprint density at radius 2 is 2.17 bits per heavy atom. The fourth-order valence-corrected chi connectivity index (χ4v) is 4.36. The van der Waals surface area contributed by atoms with Crippen molar-refractivity contribution in [2.24, 2.45) is 5.73 Å². The molecule has 1 unspecified atom stereocenters. The molecule has 0 aliphatic heterocycles. The van der Waals surface area contributed by atoms with Gasteiger partial charge in [-0.15, -0.1) is 11.3 Å². The number of thiazole rings is 1. The van der Waals surface area contributed by atoms with Gasteiger partial charge in [-0.1, -0.05) is 13.8 Å². The van der Waals surface area contributed by atoms with Crippen molar-refractivity contribution in [3.8, 4) is 0 Å². The number of methoxy groups -OCH3 is 1. The number of ether oxygens (including phenoxy) is 1. The van der Waals surface area contributed by atoms with E-state index in [-0.39, 0.29) is 5.60 Å². The summed E-state index contributed by atoms with van der Waals surface area (Å²) in [6.07, 6.45) is 5.54. The number of nitrogens with zero attached hydrogens (tertiary/aromatic N) is 1. The molecular weight excluding hydrogens is 244 g/mol. The number of nitrogens with two attached hydrogens (primary N) is 1. The highest BCUT2D eigenvalue weighted by Crippen LogP contribution is 2.41. The van der Waals surface area contributed by atoms with Crippen LogP contribution in [0.1, 0.15) is 61.0 Å². The van der Waals surface area contributed by atoms with E-state index in [2.05, 4.69) is 13.8 Å². The molecule has 0 bridgehead atoms.